The van der Waals surface area contributed by atoms with E-state index in [4.69, 9.17) is 9.47 Å². The Hall–Kier alpha value is -4.74. The second-order valence-electron chi connectivity index (χ2n) is 10.3. The molecule has 0 aliphatic rings. The molecule has 7 nitrogen and oxygen atoms in total. The van der Waals surface area contributed by atoms with Gasteiger partial charge in [0, 0.05) is 6.54 Å². The summed E-state index contributed by atoms with van der Waals surface area (Å²) in [5, 5.41) is 5.13. The van der Waals surface area contributed by atoms with Crippen LogP contribution in [-0.2, 0) is 35.2 Å². The largest absolute Gasteiger partial charge is 0.465 e. The molecule has 0 aromatic heterocycles. The highest BCUT2D eigenvalue weighted by molar-refractivity contribution is 7.96. The molecule has 0 radical (unpaired) electrons. The van der Waals surface area contributed by atoms with E-state index in [0.717, 1.165) is 21.5 Å². The van der Waals surface area contributed by atoms with Gasteiger partial charge in [-0.1, -0.05) is 121 Å². The third-order valence-electron chi connectivity index (χ3n) is 7.47. The first-order chi connectivity index (χ1) is 21.9. The van der Waals surface area contributed by atoms with Crippen LogP contribution in [-0.4, -0.2) is 42.1 Å². The molecule has 2 atom stereocenters. The van der Waals surface area contributed by atoms with Crippen LogP contribution in [0, 0.1) is 11.8 Å². The van der Waals surface area contributed by atoms with Crippen molar-refractivity contribution in [3.8, 4) is 0 Å². The van der Waals surface area contributed by atoms with Crippen molar-refractivity contribution in [1.82, 2.24) is 5.32 Å². The highest BCUT2D eigenvalue weighted by Crippen LogP contribution is 2.49. The summed E-state index contributed by atoms with van der Waals surface area (Å²) >= 11 is 0. The predicted molar refractivity (Wildman–Crippen MR) is 179 cm³/mol. The minimum Gasteiger partial charge on any atom is -0.465 e. The summed E-state index contributed by atoms with van der Waals surface area (Å²) in [6.45, 7) is 1.42. The zero-order valence-corrected chi connectivity index (χ0v) is 26.6. The second kappa shape index (κ2) is 15.8. The second-order valence-corrected chi connectivity index (χ2v) is 13.7. The van der Waals surface area contributed by atoms with E-state index in [1.54, 1.807) is 13.8 Å². The fraction of sp³-hybridized carbons (Fsp3) is 0.216. The lowest BCUT2D eigenvalue weighted by Gasteiger charge is -2.36. The summed E-state index contributed by atoms with van der Waals surface area (Å²) in [7, 11) is 0. The van der Waals surface area contributed by atoms with Gasteiger partial charge >= 0.3 is 11.9 Å². The maximum Gasteiger partial charge on any atom is 0.335 e. The van der Waals surface area contributed by atoms with Crippen LogP contribution in [0.25, 0.3) is 0 Å². The Morgan fingerprint density at radius 3 is 1.44 bits per heavy atom. The maximum absolute atomic E-state index is 14.5. The molecule has 4 aromatic rings. The van der Waals surface area contributed by atoms with Crippen LogP contribution < -0.4 is 21.2 Å². The number of Topliss-reactive ketones (excluding diaryl/α,β-unsaturated/α-hetero) is 1. The topological polar surface area (TPSA) is 98.8 Å². The Bertz CT molecular complexity index is 1550. The Kier molecular flexibility index (Phi) is 11.7. The molecule has 0 fully saturated rings. The highest BCUT2D eigenvalue weighted by atomic mass is 31.2. The van der Waals surface area contributed by atoms with Crippen LogP contribution in [0.15, 0.2) is 121 Å². The summed E-state index contributed by atoms with van der Waals surface area (Å²) in [6, 6.07) is 37.5. The van der Waals surface area contributed by atoms with Gasteiger partial charge in [-0.15, -0.1) is 0 Å². The summed E-state index contributed by atoms with van der Waals surface area (Å²) in [4.78, 5) is 56.3. The molecular weight excluding hydrogens is 585 g/mol. The Morgan fingerprint density at radius 2 is 1.04 bits per heavy atom. The van der Waals surface area contributed by atoms with E-state index < -0.39 is 42.4 Å². The van der Waals surface area contributed by atoms with Crippen LogP contribution in [0.3, 0.4) is 0 Å². The molecule has 0 spiro atoms. The SMILES string of the molecule is CCOC(=O)C([C@@H](C(=O)OCC)[C@@H](C(C)=O)C(=O)NCc1ccccc1)=P(c1ccccc1)(c1ccccc1)c1ccccc1. The first-order valence-electron chi connectivity index (χ1n) is 14.9. The van der Waals surface area contributed by atoms with Crippen molar-refractivity contribution in [3.63, 3.8) is 0 Å². The number of amides is 1. The van der Waals surface area contributed by atoms with Crippen molar-refractivity contribution in [1.29, 1.82) is 0 Å². The fourth-order valence-corrected chi connectivity index (χ4v) is 10.2. The lowest BCUT2D eigenvalue weighted by molar-refractivity contribution is -0.153. The zero-order chi connectivity index (χ0) is 32.2. The first-order valence-corrected chi connectivity index (χ1v) is 16.7. The summed E-state index contributed by atoms with van der Waals surface area (Å²) in [5.74, 6) is -6.01. The highest BCUT2D eigenvalue weighted by Gasteiger charge is 2.48. The summed E-state index contributed by atoms with van der Waals surface area (Å²) < 4.78 is 11.3. The fourth-order valence-electron chi connectivity index (χ4n) is 5.60. The molecule has 4 rings (SSSR count). The smallest absolute Gasteiger partial charge is 0.335 e. The van der Waals surface area contributed by atoms with Crippen LogP contribution in [0.1, 0.15) is 26.3 Å². The molecule has 0 bridgehead atoms. The molecular formula is C37H38NO6P. The molecule has 0 heterocycles. The quantitative estimate of drug-likeness (QED) is 0.135. The van der Waals surface area contributed by atoms with Crippen molar-refractivity contribution in [2.24, 2.45) is 11.8 Å². The van der Waals surface area contributed by atoms with E-state index in [1.807, 2.05) is 121 Å². The zero-order valence-electron chi connectivity index (χ0n) is 25.7. The average Bonchev–Trinajstić information content (AvgIpc) is 3.07. The lowest BCUT2D eigenvalue weighted by atomic mass is 9.85. The van der Waals surface area contributed by atoms with E-state index in [1.165, 1.54) is 6.92 Å². The third kappa shape index (κ3) is 7.33. The van der Waals surface area contributed by atoms with Gasteiger partial charge in [0.05, 0.1) is 18.5 Å². The number of nitrogens with one attached hydrogen (secondary N) is 1. The normalized spacial score (nSPS) is 12.3. The van der Waals surface area contributed by atoms with Crippen LogP contribution in [0.5, 0.6) is 0 Å². The van der Waals surface area contributed by atoms with Gasteiger partial charge in [0.15, 0.2) is 0 Å². The van der Waals surface area contributed by atoms with Gasteiger partial charge in [-0.25, -0.2) is 4.79 Å². The Morgan fingerprint density at radius 1 is 0.622 bits per heavy atom. The van der Waals surface area contributed by atoms with Crippen LogP contribution in [0.2, 0.25) is 0 Å². The maximum atomic E-state index is 14.5. The van der Waals surface area contributed by atoms with E-state index in [2.05, 4.69) is 5.32 Å². The third-order valence-corrected chi connectivity index (χ3v) is 11.9. The molecule has 8 heteroatoms. The van der Waals surface area contributed by atoms with Gasteiger partial charge < -0.3 is 14.8 Å². The monoisotopic (exact) mass is 623 g/mol. The summed E-state index contributed by atoms with van der Waals surface area (Å²) in [6.07, 6.45) is 0. The van der Waals surface area contributed by atoms with E-state index in [0.29, 0.717) is 0 Å². The standard InChI is InChI=1S/C37H38NO6P/c1-4-43-36(41)33(32(27(3)39)35(40)38-26-28-18-10-6-11-19-28)34(37(42)44-5-2)45(29-20-12-7-13-21-29,30-22-14-8-15-23-30)31-24-16-9-17-25-31/h6-25,32-33H,4-5,26H2,1-3H3,(H,38,40)/t32-,33+/m1/s1. The molecule has 0 aliphatic carbocycles. The molecule has 0 unspecified atom stereocenters. The van der Waals surface area contributed by atoms with Crippen molar-refractivity contribution in [2.45, 2.75) is 27.3 Å². The number of esters is 2. The molecule has 1 N–H and O–H groups in total. The number of rotatable bonds is 13. The van der Waals surface area contributed by atoms with Gasteiger partial charge in [0.1, 0.15) is 17.6 Å². The Labute approximate surface area is 264 Å². The van der Waals surface area contributed by atoms with E-state index in [9.17, 15) is 19.2 Å². The van der Waals surface area contributed by atoms with Crippen molar-refractivity contribution >= 4 is 51.7 Å². The number of hydrogen-bond acceptors (Lipinski definition) is 6. The molecule has 0 aliphatic heterocycles. The number of ether oxygens (including phenoxy) is 2. The molecule has 4 aromatic carbocycles. The minimum absolute atomic E-state index is 0.0151. The van der Waals surface area contributed by atoms with Crippen molar-refractivity contribution < 1.29 is 28.7 Å². The van der Waals surface area contributed by atoms with Gasteiger partial charge in [-0.3, -0.25) is 14.4 Å². The molecule has 232 valence electrons. The molecule has 0 saturated carbocycles. The number of hydrogen-bond donors (Lipinski definition) is 1. The molecule has 1 amide bonds. The van der Waals surface area contributed by atoms with Crippen molar-refractivity contribution in [3.05, 3.63) is 127 Å². The lowest BCUT2D eigenvalue weighted by Crippen LogP contribution is -2.50. The molecule has 0 saturated heterocycles. The van der Waals surface area contributed by atoms with Crippen LogP contribution >= 0.6 is 6.89 Å². The number of ketones is 1. The Balaban J connectivity index is 2.17. The number of carbonyl (C=O) groups excluding carboxylic acids is 4. The van der Waals surface area contributed by atoms with Gasteiger partial charge in [0.2, 0.25) is 5.91 Å². The van der Waals surface area contributed by atoms with Gasteiger partial charge in [-0.05, 0) is 49.1 Å². The average molecular weight is 624 g/mol. The summed E-state index contributed by atoms with van der Waals surface area (Å²) in [5.41, 5.74) is 0.815. The van der Waals surface area contributed by atoms with Crippen molar-refractivity contribution in [2.75, 3.05) is 13.2 Å². The first kappa shape index (κ1) is 33.2. The number of carbonyl (C=O) groups is 4. The van der Waals surface area contributed by atoms with Gasteiger partial charge in [-0.2, -0.15) is 0 Å². The van der Waals surface area contributed by atoms with E-state index in [-0.39, 0.29) is 25.1 Å². The van der Waals surface area contributed by atoms with Crippen LogP contribution in [0.4, 0.5) is 0 Å². The molecule has 45 heavy (non-hydrogen) atoms. The van der Waals surface area contributed by atoms with E-state index >= 15 is 0 Å². The van der Waals surface area contributed by atoms with Gasteiger partial charge in [0.25, 0.3) is 0 Å². The predicted octanol–water partition coefficient (Wildman–Crippen LogP) is 4.42. The minimum atomic E-state index is -3.28. The number of benzene rings is 4.